The van der Waals surface area contributed by atoms with E-state index in [2.05, 4.69) is 6.58 Å². The molecule has 2 rings (SSSR count). The molecular formula is C26H39ClNO6PS. The predicted octanol–water partition coefficient (Wildman–Crippen LogP) is 6.96. The van der Waals surface area contributed by atoms with E-state index in [4.69, 9.17) is 20.9 Å². The van der Waals surface area contributed by atoms with E-state index < -0.39 is 29.1 Å². The number of hydrogen-bond donors (Lipinski definition) is 0. The number of benzene rings is 1. The van der Waals surface area contributed by atoms with Gasteiger partial charge in [0.15, 0.2) is 5.69 Å². The summed E-state index contributed by atoms with van der Waals surface area (Å²) in [5.41, 5.74) is 0.711. The minimum Gasteiger partial charge on any atom is -0.461 e. The van der Waals surface area contributed by atoms with Crippen LogP contribution in [0.2, 0.25) is 5.02 Å². The molecule has 0 saturated heterocycles. The van der Waals surface area contributed by atoms with Gasteiger partial charge < -0.3 is 9.26 Å². The number of hydrogen-bond acceptors (Lipinski definition) is 6. The first-order valence-corrected chi connectivity index (χ1v) is 15.4. The summed E-state index contributed by atoms with van der Waals surface area (Å²) in [6.45, 7) is 16.8. The van der Waals surface area contributed by atoms with E-state index in [9.17, 15) is 17.8 Å². The number of ether oxygens (including phenoxy) is 1. The van der Waals surface area contributed by atoms with Crippen molar-refractivity contribution >= 4 is 51.2 Å². The van der Waals surface area contributed by atoms with Gasteiger partial charge in [-0.25, -0.2) is 17.2 Å². The molecule has 10 heteroatoms. The molecule has 1 aromatic heterocycles. The number of rotatable bonds is 9. The molecule has 2 aromatic rings. The van der Waals surface area contributed by atoms with Crippen molar-refractivity contribution in [1.29, 1.82) is 0 Å². The van der Waals surface area contributed by atoms with Gasteiger partial charge in [0.05, 0.1) is 23.2 Å². The Bertz CT molecular complexity index is 1240. The zero-order valence-corrected chi connectivity index (χ0v) is 25.0. The molecule has 1 atom stereocenters. The Labute approximate surface area is 221 Å². The van der Waals surface area contributed by atoms with E-state index in [1.54, 1.807) is 13.0 Å². The van der Waals surface area contributed by atoms with Crippen LogP contribution in [0, 0.1) is 0 Å². The Hall–Kier alpha value is -2.12. The fraction of sp³-hybridized carbons (Fsp3) is 0.423. The van der Waals surface area contributed by atoms with E-state index in [1.807, 2.05) is 53.7 Å². The van der Waals surface area contributed by atoms with Crippen LogP contribution in [-0.4, -0.2) is 44.0 Å². The average Bonchev–Trinajstić information content (AvgIpc) is 3.20. The lowest BCUT2D eigenvalue weighted by Gasteiger charge is -2.17. The second-order valence-electron chi connectivity index (χ2n) is 7.40. The molecule has 36 heavy (non-hydrogen) atoms. The molecule has 1 aromatic carbocycles. The number of allylic oxidation sites excluding steroid dienone is 4. The third-order valence-corrected chi connectivity index (χ3v) is 8.86. The van der Waals surface area contributed by atoms with Crippen LogP contribution in [-0.2, 0) is 23.8 Å². The number of aromatic nitrogens is 1. The van der Waals surface area contributed by atoms with Gasteiger partial charge in [-0.15, -0.1) is 6.58 Å². The number of nitrogens with zero attached hydrogens (tertiary/aromatic N) is 1. The Morgan fingerprint density at radius 3 is 2.22 bits per heavy atom. The standard InChI is InChI=1S/C20H25ClNO6PS.C4H8.C2H6/c1-6-12-30(25,26)22-17-9-8-15(21)13-16(17)19(18(22)20(23)28-7-2)29(24,27-5)11-10-14(3)4;1-3-4-2;1-2/h6,8-10,13H,1,7,11-12H2,2-5H3;3-4H,1-2H3;1-2H3/b;4-3-;. The van der Waals surface area contributed by atoms with E-state index in [0.717, 1.165) is 9.55 Å². The number of fused-ring (bicyclic) bond motifs is 1. The summed E-state index contributed by atoms with van der Waals surface area (Å²) in [4.78, 5) is 12.9. The summed E-state index contributed by atoms with van der Waals surface area (Å²) < 4.78 is 51.4. The Morgan fingerprint density at radius 1 is 1.19 bits per heavy atom. The minimum atomic E-state index is -4.06. The van der Waals surface area contributed by atoms with Crippen molar-refractivity contribution in [2.75, 3.05) is 25.6 Å². The summed E-state index contributed by atoms with van der Waals surface area (Å²) in [6, 6.07) is 4.44. The van der Waals surface area contributed by atoms with Crippen LogP contribution in [0.5, 0.6) is 0 Å². The summed E-state index contributed by atoms with van der Waals surface area (Å²) >= 11 is 6.16. The van der Waals surface area contributed by atoms with Crippen molar-refractivity contribution in [2.24, 2.45) is 0 Å². The van der Waals surface area contributed by atoms with E-state index in [1.165, 1.54) is 31.4 Å². The second kappa shape index (κ2) is 15.9. The zero-order chi connectivity index (χ0) is 28.1. The van der Waals surface area contributed by atoms with Gasteiger partial charge in [-0.3, -0.25) is 4.57 Å². The molecule has 0 fully saturated rings. The molecule has 0 amide bonds. The highest BCUT2D eigenvalue weighted by Crippen LogP contribution is 2.49. The monoisotopic (exact) mass is 559 g/mol. The smallest absolute Gasteiger partial charge is 0.356 e. The van der Waals surface area contributed by atoms with Gasteiger partial charge in [0, 0.05) is 23.7 Å². The van der Waals surface area contributed by atoms with Gasteiger partial charge >= 0.3 is 5.97 Å². The lowest BCUT2D eigenvalue weighted by molar-refractivity contribution is 0.0520. The van der Waals surface area contributed by atoms with E-state index in [-0.39, 0.29) is 34.7 Å². The number of carbonyl (C=O) groups excluding carboxylic acids is 1. The molecule has 0 aliphatic heterocycles. The minimum absolute atomic E-state index is 0.00726. The Balaban J connectivity index is 0.00000185. The van der Waals surface area contributed by atoms with Crippen molar-refractivity contribution < 1.29 is 27.0 Å². The van der Waals surface area contributed by atoms with Crippen LogP contribution in [0.1, 0.15) is 59.0 Å². The summed E-state index contributed by atoms with van der Waals surface area (Å²) in [5, 5.41) is 0.527. The van der Waals surface area contributed by atoms with Gasteiger partial charge in [0.1, 0.15) is 0 Å². The van der Waals surface area contributed by atoms with Gasteiger partial charge in [-0.2, -0.15) is 0 Å². The molecule has 0 saturated carbocycles. The fourth-order valence-corrected chi connectivity index (χ4v) is 6.78. The van der Waals surface area contributed by atoms with Gasteiger partial charge in [-0.05, 0) is 52.8 Å². The van der Waals surface area contributed by atoms with Gasteiger partial charge in [0.25, 0.3) is 0 Å². The first kappa shape index (κ1) is 33.9. The molecule has 0 aliphatic rings. The molecule has 202 valence electrons. The first-order chi connectivity index (χ1) is 16.9. The van der Waals surface area contributed by atoms with Crippen molar-refractivity contribution in [1.82, 2.24) is 3.97 Å². The molecule has 0 spiro atoms. The summed E-state index contributed by atoms with van der Waals surface area (Å²) in [6.07, 6.45) is 6.90. The number of carbonyl (C=O) groups is 1. The highest BCUT2D eigenvalue weighted by atomic mass is 35.5. The molecule has 0 N–H and O–H groups in total. The van der Waals surface area contributed by atoms with Crippen LogP contribution in [0.25, 0.3) is 10.9 Å². The highest BCUT2D eigenvalue weighted by molar-refractivity contribution is 7.90. The maximum Gasteiger partial charge on any atom is 0.356 e. The second-order valence-corrected chi connectivity index (χ2v) is 12.2. The molecule has 0 aliphatic carbocycles. The first-order valence-electron chi connectivity index (χ1n) is 11.6. The van der Waals surface area contributed by atoms with Crippen molar-refractivity contribution in [3.8, 4) is 0 Å². The maximum atomic E-state index is 13.9. The zero-order valence-electron chi connectivity index (χ0n) is 22.5. The van der Waals surface area contributed by atoms with E-state index in [0.29, 0.717) is 5.02 Å². The topological polar surface area (TPSA) is 91.7 Å². The van der Waals surface area contributed by atoms with Crippen LogP contribution < -0.4 is 5.30 Å². The number of esters is 1. The molecule has 0 radical (unpaired) electrons. The Kier molecular flexibility index (Phi) is 14.9. The average molecular weight is 560 g/mol. The van der Waals surface area contributed by atoms with E-state index >= 15 is 0 Å². The Morgan fingerprint density at radius 2 is 1.78 bits per heavy atom. The third kappa shape index (κ3) is 8.48. The van der Waals surface area contributed by atoms with Gasteiger partial charge in [-0.1, -0.05) is 55.3 Å². The third-order valence-electron chi connectivity index (χ3n) is 4.64. The van der Waals surface area contributed by atoms with Crippen LogP contribution >= 0.6 is 19.0 Å². The summed E-state index contributed by atoms with van der Waals surface area (Å²) in [5.74, 6) is -1.35. The predicted molar refractivity (Wildman–Crippen MR) is 153 cm³/mol. The molecule has 1 heterocycles. The molecule has 1 unspecified atom stereocenters. The van der Waals surface area contributed by atoms with Crippen molar-refractivity contribution in [2.45, 2.75) is 48.5 Å². The molecule has 0 bridgehead atoms. The van der Waals surface area contributed by atoms with Crippen molar-refractivity contribution in [3.05, 3.63) is 65.4 Å². The van der Waals surface area contributed by atoms with Crippen LogP contribution in [0.3, 0.4) is 0 Å². The molecular weight excluding hydrogens is 521 g/mol. The fourth-order valence-electron chi connectivity index (χ4n) is 3.02. The number of halogens is 1. The van der Waals surface area contributed by atoms with Crippen LogP contribution in [0.15, 0.2) is 54.7 Å². The maximum absolute atomic E-state index is 13.9. The quantitative estimate of drug-likeness (QED) is 0.187. The lowest BCUT2D eigenvalue weighted by Crippen LogP contribution is -2.26. The largest absolute Gasteiger partial charge is 0.461 e. The van der Waals surface area contributed by atoms with Crippen LogP contribution in [0.4, 0.5) is 0 Å². The van der Waals surface area contributed by atoms with Gasteiger partial charge in [0.2, 0.25) is 17.4 Å². The van der Waals surface area contributed by atoms with Crippen molar-refractivity contribution in [3.63, 3.8) is 0 Å². The summed E-state index contributed by atoms with van der Waals surface area (Å²) in [7, 11) is -6.50. The normalized spacial score (nSPS) is 12.6. The molecule has 7 nitrogen and oxygen atoms in total. The lowest BCUT2D eigenvalue weighted by atomic mass is 10.2. The highest BCUT2D eigenvalue weighted by Gasteiger charge is 2.39. The SMILES string of the molecule is C/C=C\C.C=CCS(=O)(=O)n1c(C(=O)OCC)c(P(=O)(CC=C(C)C)OC)c2cc(Cl)ccc21.CC.